The number of hydrogen-bond acceptors (Lipinski definition) is 5. The van der Waals surface area contributed by atoms with E-state index in [2.05, 4.69) is 12.0 Å². The molecule has 1 atom stereocenters. The van der Waals surface area contributed by atoms with Crippen LogP contribution < -0.4 is 0 Å². The van der Waals surface area contributed by atoms with Crippen molar-refractivity contribution in [3.8, 4) is 0 Å². The molecule has 0 N–H and O–H groups in total. The first-order valence-corrected chi connectivity index (χ1v) is 6.52. The zero-order valence-corrected chi connectivity index (χ0v) is 11.3. The van der Waals surface area contributed by atoms with Gasteiger partial charge in [0.25, 0.3) is 0 Å². The molecule has 2 aliphatic rings. The summed E-state index contributed by atoms with van der Waals surface area (Å²) >= 11 is 1.64. The highest BCUT2D eigenvalue weighted by Gasteiger charge is 2.38. The zero-order valence-electron chi connectivity index (χ0n) is 10.5. The number of methoxy groups -OCH3 is 2. The Bertz CT molecular complexity index is 338. The van der Waals surface area contributed by atoms with Gasteiger partial charge < -0.3 is 14.2 Å². The average Bonchev–Trinajstić information content (AvgIpc) is 2.39. The lowest BCUT2D eigenvalue weighted by atomic mass is 10.4. The second-order valence-corrected chi connectivity index (χ2v) is 5.38. The quantitative estimate of drug-likeness (QED) is 0.694. The summed E-state index contributed by atoms with van der Waals surface area (Å²) in [6.07, 6.45) is 1.83. The van der Waals surface area contributed by atoms with Crippen molar-refractivity contribution in [1.29, 1.82) is 0 Å². The Hall–Kier alpha value is -0.720. The SMILES string of the molecule is COC1=CC(OC)=NC([N+]2(C)CCOCC2)S1. The van der Waals surface area contributed by atoms with Crippen molar-refractivity contribution in [2.24, 2.45) is 4.99 Å². The Balaban J connectivity index is 2.16. The molecular formula is C11H19N2O3S+. The summed E-state index contributed by atoms with van der Waals surface area (Å²) in [6, 6.07) is 0. The van der Waals surface area contributed by atoms with Gasteiger partial charge in [0.1, 0.15) is 13.1 Å². The molecule has 96 valence electrons. The van der Waals surface area contributed by atoms with Crippen LogP contribution in [0.3, 0.4) is 0 Å². The number of rotatable bonds is 2. The van der Waals surface area contributed by atoms with Crippen molar-refractivity contribution >= 4 is 17.7 Å². The van der Waals surface area contributed by atoms with Gasteiger partial charge in [0, 0.05) is 17.8 Å². The minimum Gasteiger partial charge on any atom is -0.490 e. The highest BCUT2D eigenvalue weighted by molar-refractivity contribution is 8.03. The minimum absolute atomic E-state index is 0.0915. The normalized spacial score (nSPS) is 28.1. The molecule has 2 heterocycles. The van der Waals surface area contributed by atoms with E-state index in [4.69, 9.17) is 14.2 Å². The van der Waals surface area contributed by atoms with Gasteiger partial charge in [-0.15, -0.1) is 0 Å². The summed E-state index contributed by atoms with van der Waals surface area (Å²) < 4.78 is 16.8. The van der Waals surface area contributed by atoms with E-state index < -0.39 is 0 Å². The lowest BCUT2D eigenvalue weighted by molar-refractivity contribution is -0.925. The molecule has 5 nitrogen and oxygen atoms in total. The monoisotopic (exact) mass is 259 g/mol. The van der Waals surface area contributed by atoms with Gasteiger partial charge in [-0.25, -0.2) is 0 Å². The largest absolute Gasteiger partial charge is 0.490 e. The molecule has 0 aromatic rings. The number of nitrogens with zero attached hydrogens (tertiary/aromatic N) is 2. The zero-order chi connectivity index (χ0) is 12.3. The van der Waals surface area contributed by atoms with Crippen molar-refractivity contribution < 1.29 is 18.7 Å². The first kappa shape index (κ1) is 12.7. The number of ether oxygens (including phenoxy) is 3. The maximum atomic E-state index is 5.41. The third kappa shape index (κ3) is 2.75. The molecule has 0 aromatic carbocycles. The van der Waals surface area contributed by atoms with Gasteiger partial charge in [-0.2, -0.15) is 4.99 Å². The molecule has 17 heavy (non-hydrogen) atoms. The van der Waals surface area contributed by atoms with Gasteiger partial charge in [-0.05, 0) is 0 Å². The first-order chi connectivity index (χ1) is 8.18. The van der Waals surface area contributed by atoms with Crippen molar-refractivity contribution in [3.05, 3.63) is 11.2 Å². The average molecular weight is 259 g/mol. The second kappa shape index (κ2) is 5.29. The molecule has 1 fully saturated rings. The van der Waals surface area contributed by atoms with Crippen LogP contribution in [0.25, 0.3) is 0 Å². The van der Waals surface area contributed by atoms with Gasteiger partial charge in [0.15, 0.2) is 5.09 Å². The first-order valence-electron chi connectivity index (χ1n) is 5.64. The van der Waals surface area contributed by atoms with Gasteiger partial charge >= 0.3 is 0 Å². The Morgan fingerprint density at radius 1 is 1.35 bits per heavy atom. The third-order valence-electron chi connectivity index (χ3n) is 3.14. The molecule has 1 saturated heterocycles. The molecule has 0 spiro atoms. The van der Waals surface area contributed by atoms with E-state index >= 15 is 0 Å². The van der Waals surface area contributed by atoms with Gasteiger partial charge in [-0.1, -0.05) is 0 Å². The highest BCUT2D eigenvalue weighted by atomic mass is 32.2. The van der Waals surface area contributed by atoms with E-state index in [-0.39, 0.29) is 5.50 Å². The molecular weight excluding hydrogens is 240 g/mol. The van der Waals surface area contributed by atoms with Crippen LogP contribution >= 0.6 is 11.8 Å². The van der Waals surface area contributed by atoms with E-state index in [1.807, 2.05) is 6.08 Å². The number of morpholine rings is 1. The molecule has 0 saturated carbocycles. The van der Waals surface area contributed by atoms with E-state index in [0.717, 1.165) is 35.9 Å². The van der Waals surface area contributed by atoms with E-state index in [1.54, 1.807) is 26.0 Å². The minimum atomic E-state index is 0.0915. The predicted octanol–water partition coefficient (Wildman–Crippen LogP) is 1.03. The number of likely N-dealkylation sites (N-methyl/N-ethyl adjacent to an activating group) is 1. The number of aliphatic imine (C=N–C) groups is 1. The predicted molar refractivity (Wildman–Crippen MR) is 67.7 cm³/mol. The summed E-state index contributed by atoms with van der Waals surface area (Å²) in [4.78, 5) is 4.61. The summed E-state index contributed by atoms with van der Waals surface area (Å²) in [5, 5.41) is 0.854. The van der Waals surface area contributed by atoms with Crippen LogP contribution in [-0.4, -0.2) is 63.4 Å². The molecule has 0 aliphatic carbocycles. The Morgan fingerprint density at radius 2 is 2.06 bits per heavy atom. The maximum Gasteiger partial charge on any atom is 0.241 e. The van der Waals surface area contributed by atoms with Gasteiger partial charge in [0.2, 0.25) is 11.4 Å². The molecule has 2 rings (SSSR count). The Labute approximate surface area is 106 Å². The molecule has 0 amide bonds. The van der Waals surface area contributed by atoms with Crippen molar-refractivity contribution in [2.45, 2.75) is 5.50 Å². The maximum absolute atomic E-state index is 5.41. The van der Waals surface area contributed by atoms with E-state index in [9.17, 15) is 0 Å². The fourth-order valence-corrected chi connectivity index (χ4v) is 2.97. The van der Waals surface area contributed by atoms with Crippen molar-refractivity contribution in [3.63, 3.8) is 0 Å². The molecule has 2 aliphatic heterocycles. The standard InChI is InChI=1S/C11H19N2O3S/c1-13(4-6-16-7-5-13)11-12-9(14-2)8-10(15-3)17-11/h8,11H,4-7H2,1-3H3/q+1. The highest BCUT2D eigenvalue weighted by Crippen LogP contribution is 2.34. The van der Waals surface area contributed by atoms with Crippen LogP contribution in [0.1, 0.15) is 0 Å². The smallest absolute Gasteiger partial charge is 0.241 e. The van der Waals surface area contributed by atoms with Crippen LogP contribution in [0.4, 0.5) is 0 Å². The van der Waals surface area contributed by atoms with Crippen LogP contribution in [0.2, 0.25) is 0 Å². The molecule has 0 bridgehead atoms. The summed E-state index contributed by atoms with van der Waals surface area (Å²) in [6.45, 7) is 3.51. The molecule has 1 unspecified atom stereocenters. The Kier molecular flexibility index (Phi) is 3.96. The van der Waals surface area contributed by atoms with Crippen molar-refractivity contribution in [2.75, 3.05) is 47.6 Å². The molecule has 6 heteroatoms. The van der Waals surface area contributed by atoms with Crippen LogP contribution in [0.5, 0.6) is 0 Å². The second-order valence-electron chi connectivity index (χ2n) is 4.32. The Morgan fingerprint density at radius 3 is 2.65 bits per heavy atom. The summed E-state index contributed by atoms with van der Waals surface area (Å²) in [5.74, 6) is 0.636. The van der Waals surface area contributed by atoms with Gasteiger partial charge in [0.05, 0.1) is 34.5 Å². The fourth-order valence-electron chi connectivity index (χ4n) is 1.88. The molecule has 0 radical (unpaired) electrons. The fraction of sp³-hybridized carbons (Fsp3) is 0.727. The van der Waals surface area contributed by atoms with Crippen molar-refractivity contribution in [1.82, 2.24) is 0 Å². The summed E-state index contributed by atoms with van der Waals surface area (Å²) in [5.41, 5.74) is 0.0915. The van der Waals surface area contributed by atoms with E-state index in [0.29, 0.717) is 5.90 Å². The summed E-state index contributed by atoms with van der Waals surface area (Å²) in [7, 11) is 5.51. The third-order valence-corrected chi connectivity index (χ3v) is 4.48. The topological polar surface area (TPSA) is 40.0 Å². The number of quaternary nitrogens is 1. The van der Waals surface area contributed by atoms with Gasteiger partial charge in [-0.3, -0.25) is 4.48 Å². The van der Waals surface area contributed by atoms with Crippen LogP contribution in [0, 0.1) is 0 Å². The number of thioether (sulfide) groups is 1. The van der Waals surface area contributed by atoms with Crippen LogP contribution in [0.15, 0.2) is 16.2 Å². The lowest BCUT2D eigenvalue weighted by Gasteiger charge is -2.41. The number of hydrogen-bond donors (Lipinski definition) is 0. The van der Waals surface area contributed by atoms with Crippen LogP contribution in [-0.2, 0) is 14.2 Å². The van der Waals surface area contributed by atoms with E-state index in [1.165, 1.54) is 0 Å². The lowest BCUT2D eigenvalue weighted by Crippen LogP contribution is -2.57. The molecule has 0 aromatic heterocycles.